The van der Waals surface area contributed by atoms with Gasteiger partial charge in [-0.3, -0.25) is 14.7 Å². The Morgan fingerprint density at radius 2 is 1.69 bits per heavy atom. The summed E-state index contributed by atoms with van der Waals surface area (Å²) < 4.78 is 28.0. The number of hydrogen-bond acceptors (Lipinski definition) is 5. The Balaban J connectivity index is 1.23. The molecular weight excluding hydrogens is 478 g/mol. The summed E-state index contributed by atoms with van der Waals surface area (Å²) in [5.74, 6) is 2.49. The Bertz CT molecular complexity index is 1180. The van der Waals surface area contributed by atoms with Crippen LogP contribution >= 0.6 is 0 Å². The number of piperidine rings is 1. The zero-order chi connectivity index (χ0) is 25.8. The number of primary amides is 1. The largest absolute Gasteiger partial charge is 0.351 e. The molecule has 2 heterocycles. The lowest BCUT2D eigenvalue weighted by molar-refractivity contribution is -0.125. The Morgan fingerprint density at radius 3 is 2.22 bits per heavy atom. The van der Waals surface area contributed by atoms with Crippen LogP contribution in [0.5, 0.6) is 0 Å². The monoisotopic (exact) mass is 515 g/mol. The third-order valence-electron chi connectivity index (χ3n) is 9.10. The fourth-order valence-corrected chi connectivity index (χ4v) is 8.37. The normalized spacial score (nSPS) is 27.4. The van der Waals surface area contributed by atoms with Gasteiger partial charge in [-0.15, -0.1) is 0 Å². The highest BCUT2D eigenvalue weighted by Gasteiger charge is 2.52. The molecule has 5 rings (SSSR count). The van der Waals surface area contributed by atoms with E-state index in [-0.39, 0.29) is 11.7 Å². The van der Waals surface area contributed by atoms with E-state index in [4.69, 9.17) is 10.7 Å². The Labute approximate surface area is 213 Å². The van der Waals surface area contributed by atoms with Gasteiger partial charge >= 0.3 is 6.03 Å². The average molecular weight is 516 g/mol. The molecule has 2 saturated carbocycles. The van der Waals surface area contributed by atoms with Crippen LogP contribution in [0.3, 0.4) is 0 Å². The summed E-state index contributed by atoms with van der Waals surface area (Å²) in [6.45, 7) is 4.46. The maximum absolute atomic E-state index is 13.2. The minimum atomic E-state index is -3.49. The molecule has 1 aromatic rings. The standard InChI is InChI=1S/C26H37N5O4S/c1-16-14-20(30(3)25(27)33)15-17(2)21(16)8-13-36(34,35)31-11-9-26(10-12-31)24(32)28-23(29-26)22-18-4-5-19(22)7-6-18/h14-15,18-19,22H,4-13H2,1-3H3,(H2,27,33)(H,28,29,32). The molecule has 1 spiro atoms. The SMILES string of the molecule is Cc1cc(N(C)C(N)=O)cc(C)c1CCS(=O)(=O)N1CCC2(CC1)N=C(C1C3CCC1CC3)NC2=O. The number of nitrogens with one attached hydrogen (secondary N) is 1. The molecule has 0 radical (unpaired) electrons. The minimum Gasteiger partial charge on any atom is -0.351 e. The molecule has 36 heavy (non-hydrogen) atoms. The summed E-state index contributed by atoms with van der Waals surface area (Å²) in [6, 6.07) is 3.17. The van der Waals surface area contributed by atoms with Crippen LogP contribution in [-0.4, -0.2) is 61.9 Å². The van der Waals surface area contributed by atoms with Gasteiger partial charge in [-0.1, -0.05) is 0 Å². The van der Waals surface area contributed by atoms with E-state index in [1.54, 1.807) is 7.05 Å². The summed E-state index contributed by atoms with van der Waals surface area (Å²) in [7, 11) is -1.88. The van der Waals surface area contributed by atoms with Crippen molar-refractivity contribution >= 4 is 33.5 Å². The Kier molecular flexibility index (Phi) is 6.39. The molecule has 1 saturated heterocycles. The van der Waals surface area contributed by atoms with Crippen molar-refractivity contribution in [2.45, 2.75) is 64.3 Å². The van der Waals surface area contributed by atoms with Crippen LogP contribution in [0.2, 0.25) is 0 Å². The van der Waals surface area contributed by atoms with E-state index in [1.165, 1.54) is 34.9 Å². The van der Waals surface area contributed by atoms with Crippen LogP contribution in [0.25, 0.3) is 0 Å². The van der Waals surface area contributed by atoms with E-state index >= 15 is 0 Å². The smallest absolute Gasteiger partial charge is 0.318 e. The molecule has 4 aliphatic rings. The molecule has 0 atom stereocenters. The summed E-state index contributed by atoms with van der Waals surface area (Å²) in [5, 5.41) is 3.10. The van der Waals surface area contributed by atoms with E-state index in [1.807, 2.05) is 26.0 Å². The first-order valence-electron chi connectivity index (χ1n) is 13.0. The number of benzene rings is 1. The van der Waals surface area contributed by atoms with Gasteiger partial charge in [-0.05, 0) is 99.5 Å². The van der Waals surface area contributed by atoms with Crippen molar-refractivity contribution in [3.63, 3.8) is 0 Å². The van der Waals surface area contributed by atoms with E-state index in [9.17, 15) is 18.0 Å². The van der Waals surface area contributed by atoms with Gasteiger partial charge in [0.05, 0.1) is 5.75 Å². The molecule has 0 unspecified atom stereocenters. The molecule has 3 amide bonds. The van der Waals surface area contributed by atoms with Crippen LogP contribution in [0, 0.1) is 31.6 Å². The second-order valence-electron chi connectivity index (χ2n) is 11.1. The summed E-state index contributed by atoms with van der Waals surface area (Å²) in [6.07, 6.45) is 6.15. The number of hydrogen-bond donors (Lipinski definition) is 2. The minimum absolute atomic E-state index is 0.00116. The lowest BCUT2D eigenvalue weighted by Gasteiger charge is -2.34. The van der Waals surface area contributed by atoms with E-state index in [2.05, 4.69) is 5.32 Å². The Hall–Kier alpha value is -2.46. The van der Waals surface area contributed by atoms with Crippen LogP contribution in [0.4, 0.5) is 10.5 Å². The highest BCUT2D eigenvalue weighted by molar-refractivity contribution is 7.89. The van der Waals surface area contributed by atoms with Gasteiger partial charge in [0.2, 0.25) is 10.0 Å². The van der Waals surface area contributed by atoms with Crippen molar-refractivity contribution in [3.05, 3.63) is 28.8 Å². The number of carbonyl (C=O) groups excluding carboxylic acids is 2. The zero-order valence-electron chi connectivity index (χ0n) is 21.4. The maximum Gasteiger partial charge on any atom is 0.318 e. The van der Waals surface area contributed by atoms with E-state index in [0.29, 0.717) is 55.8 Å². The van der Waals surface area contributed by atoms with Gasteiger partial charge in [0.15, 0.2) is 0 Å². The second kappa shape index (κ2) is 9.13. The first-order valence-corrected chi connectivity index (χ1v) is 14.6. The van der Waals surface area contributed by atoms with Gasteiger partial charge in [-0.2, -0.15) is 0 Å². The topological polar surface area (TPSA) is 125 Å². The molecule has 3 N–H and O–H groups in total. The molecular formula is C26H37N5O4S. The number of fused-ring (bicyclic) bond motifs is 2. The zero-order valence-corrected chi connectivity index (χ0v) is 22.2. The second-order valence-corrected chi connectivity index (χ2v) is 13.2. The van der Waals surface area contributed by atoms with Gasteiger partial charge in [0.1, 0.15) is 11.4 Å². The number of carbonyl (C=O) groups is 2. The first-order chi connectivity index (χ1) is 17.0. The number of amides is 3. The number of nitrogens with zero attached hydrogens (tertiary/aromatic N) is 3. The van der Waals surface area contributed by atoms with Crippen molar-refractivity contribution in [1.29, 1.82) is 0 Å². The molecule has 196 valence electrons. The fourth-order valence-electron chi connectivity index (χ4n) is 6.91. The molecule has 3 fully saturated rings. The number of anilines is 1. The maximum atomic E-state index is 13.2. The predicted molar refractivity (Wildman–Crippen MR) is 139 cm³/mol. The van der Waals surface area contributed by atoms with E-state index in [0.717, 1.165) is 22.5 Å². The van der Waals surface area contributed by atoms with Crippen LogP contribution in [-0.2, 0) is 21.2 Å². The quantitative estimate of drug-likeness (QED) is 0.604. The van der Waals surface area contributed by atoms with Crippen molar-refractivity contribution in [3.8, 4) is 0 Å². The highest BCUT2D eigenvalue weighted by Crippen LogP contribution is 2.50. The number of rotatable bonds is 6. The van der Waals surface area contributed by atoms with Crippen LogP contribution in [0.1, 0.15) is 55.2 Å². The average Bonchev–Trinajstić information content (AvgIpc) is 3.51. The van der Waals surface area contributed by atoms with Gasteiger partial charge in [0, 0.05) is 31.7 Å². The van der Waals surface area contributed by atoms with Gasteiger partial charge in [-0.25, -0.2) is 17.5 Å². The number of sulfonamides is 1. The molecule has 2 bridgehead atoms. The van der Waals surface area contributed by atoms with Crippen molar-refractivity contribution in [2.24, 2.45) is 28.5 Å². The third kappa shape index (κ3) is 4.32. The fraction of sp³-hybridized carbons (Fsp3) is 0.654. The van der Waals surface area contributed by atoms with Crippen molar-refractivity contribution in [2.75, 3.05) is 30.8 Å². The summed E-state index contributed by atoms with van der Waals surface area (Å²) in [5.41, 5.74) is 8.08. The van der Waals surface area contributed by atoms with Gasteiger partial charge in [0.25, 0.3) is 5.91 Å². The first kappa shape index (κ1) is 25.2. The van der Waals surface area contributed by atoms with Crippen molar-refractivity contribution < 1.29 is 18.0 Å². The number of aryl methyl sites for hydroxylation is 2. The summed E-state index contributed by atoms with van der Waals surface area (Å²) >= 11 is 0. The lowest BCUT2D eigenvalue weighted by atomic mass is 9.89. The molecule has 9 nitrogen and oxygen atoms in total. The Morgan fingerprint density at radius 1 is 1.14 bits per heavy atom. The van der Waals surface area contributed by atoms with Crippen molar-refractivity contribution in [1.82, 2.24) is 9.62 Å². The van der Waals surface area contributed by atoms with Gasteiger partial charge < -0.3 is 11.1 Å². The molecule has 1 aromatic carbocycles. The molecule has 0 aromatic heterocycles. The highest BCUT2D eigenvalue weighted by atomic mass is 32.2. The molecule has 10 heteroatoms. The van der Waals surface area contributed by atoms with E-state index < -0.39 is 21.6 Å². The number of urea groups is 1. The third-order valence-corrected chi connectivity index (χ3v) is 11.0. The number of nitrogens with two attached hydrogens (primary N) is 1. The number of amidine groups is 1. The van der Waals surface area contributed by atoms with Crippen LogP contribution < -0.4 is 16.0 Å². The predicted octanol–water partition coefficient (Wildman–Crippen LogP) is 2.49. The van der Waals surface area contributed by atoms with Crippen LogP contribution in [0.15, 0.2) is 17.1 Å². The molecule has 2 aliphatic heterocycles. The lowest BCUT2D eigenvalue weighted by Crippen LogP contribution is -2.51. The number of aliphatic imine (C=N–C) groups is 1. The summed E-state index contributed by atoms with van der Waals surface area (Å²) in [4.78, 5) is 30.8. The molecule has 2 aliphatic carbocycles.